The molecular formula is C15H19NO3. The molecule has 3 atom stereocenters. The van der Waals surface area contributed by atoms with Gasteiger partial charge >= 0.3 is 6.09 Å². The van der Waals surface area contributed by atoms with Crippen LogP contribution in [0.3, 0.4) is 0 Å². The van der Waals surface area contributed by atoms with Crippen LogP contribution < -0.4 is 0 Å². The summed E-state index contributed by atoms with van der Waals surface area (Å²) in [5, 5.41) is 9.18. The predicted molar refractivity (Wildman–Crippen MR) is 70.4 cm³/mol. The van der Waals surface area contributed by atoms with Crippen molar-refractivity contribution in [1.82, 2.24) is 4.90 Å². The van der Waals surface area contributed by atoms with Gasteiger partial charge in [-0.05, 0) is 29.7 Å². The fraction of sp³-hybridized carbons (Fsp3) is 0.533. The van der Waals surface area contributed by atoms with Crippen LogP contribution in [0.5, 0.6) is 0 Å². The van der Waals surface area contributed by atoms with Crippen molar-refractivity contribution >= 4 is 6.09 Å². The summed E-state index contributed by atoms with van der Waals surface area (Å²) < 4.78 is 5.33. The van der Waals surface area contributed by atoms with Gasteiger partial charge in [-0.1, -0.05) is 30.3 Å². The van der Waals surface area contributed by atoms with E-state index in [-0.39, 0.29) is 12.7 Å². The van der Waals surface area contributed by atoms with Gasteiger partial charge in [0, 0.05) is 19.7 Å². The Hall–Kier alpha value is -1.55. The maximum absolute atomic E-state index is 12.0. The summed E-state index contributed by atoms with van der Waals surface area (Å²) in [7, 11) is 0. The lowest BCUT2D eigenvalue weighted by Crippen LogP contribution is -2.37. The monoisotopic (exact) mass is 261 g/mol. The van der Waals surface area contributed by atoms with E-state index in [0.717, 1.165) is 25.1 Å². The zero-order valence-corrected chi connectivity index (χ0v) is 10.9. The molecule has 1 N–H and O–H groups in total. The van der Waals surface area contributed by atoms with Crippen LogP contribution in [0.1, 0.15) is 12.0 Å². The number of nitrogens with zero attached hydrogens (tertiary/aromatic N) is 1. The fourth-order valence-electron chi connectivity index (χ4n) is 3.22. The first-order valence-corrected chi connectivity index (χ1v) is 6.84. The fourth-order valence-corrected chi connectivity index (χ4v) is 3.22. The number of carbonyl (C=O) groups is 1. The summed E-state index contributed by atoms with van der Waals surface area (Å²) in [5.74, 6) is 1.44. The second-order valence-electron chi connectivity index (χ2n) is 5.55. The molecule has 0 bridgehead atoms. The summed E-state index contributed by atoms with van der Waals surface area (Å²) in [6.07, 6.45) is 0.818. The normalized spacial score (nSPS) is 28.7. The molecule has 4 heteroatoms. The number of amides is 1. The Morgan fingerprint density at radius 2 is 2.11 bits per heavy atom. The van der Waals surface area contributed by atoms with Crippen LogP contribution in [0, 0.1) is 17.8 Å². The number of hydrogen-bond acceptors (Lipinski definition) is 3. The third-order valence-corrected chi connectivity index (χ3v) is 4.40. The van der Waals surface area contributed by atoms with Crippen molar-refractivity contribution in [1.29, 1.82) is 0 Å². The number of fused-ring (bicyclic) bond motifs is 1. The molecule has 1 aromatic carbocycles. The summed E-state index contributed by atoms with van der Waals surface area (Å²) in [5.41, 5.74) is 1.01. The molecule has 0 unspecified atom stereocenters. The molecule has 0 spiro atoms. The van der Waals surface area contributed by atoms with Gasteiger partial charge in [0.2, 0.25) is 0 Å². The highest BCUT2D eigenvalue weighted by molar-refractivity contribution is 5.68. The van der Waals surface area contributed by atoms with Gasteiger partial charge in [0.25, 0.3) is 0 Å². The molecule has 1 amide bonds. The van der Waals surface area contributed by atoms with Crippen molar-refractivity contribution in [3.8, 4) is 0 Å². The van der Waals surface area contributed by atoms with Crippen LogP contribution in [0.4, 0.5) is 4.79 Å². The SMILES string of the molecule is O=C(OCc1ccccc1)N1C[C@@H]2C[C@@H](CO)[C@@H]2C1. The van der Waals surface area contributed by atoms with E-state index in [1.54, 1.807) is 4.90 Å². The lowest BCUT2D eigenvalue weighted by atomic mass is 9.67. The second kappa shape index (κ2) is 5.21. The van der Waals surface area contributed by atoms with Gasteiger partial charge in [-0.3, -0.25) is 0 Å². The van der Waals surface area contributed by atoms with E-state index >= 15 is 0 Å². The van der Waals surface area contributed by atoms with Gasteiger partial charge in [0.15, 0.2) is 0 Å². The Kier molecular flexibility index (Phi) is 3.42. The molecule has 3 rings (SSSR count). The van der Waals surface area contributed by atoms with Gasteiger partial charge < -0.3 is 14.7 Å². The van der Waals surface area contributed by atoms with Crippen molar-refractivity contribution in [2.24, 2.45) is 17.8 Å². The van der Waals surface area contributed by atoms with Gasteiger partial charge in [0.05, 0.1) is 0 Å². The molecule has 4 nitrogen and oxygen atoms in total. The zero-order valence-electron chi connectivity index (χ0n) is 10.9. The first kappa shape index (κ1) is 12.5. The van der Waals surface area contributed by atoms with E-state index in [0.29, 0.717) is 24.4 Å². The highest BCUT2D eigenvalue weighted by atomic mass is 16.6. The highest BCUT2D eigenvalue weighted by Crippen LogP contribution is 2.45. The minimum Gasteiger partial charge on any atom is -0.445 e. The van der Waals surface area contributed by atoms with Crippen LogP contribution in [0.25, 0.3) is 0 Å². The maximum Gasteiger partial charge on any atom is 0.410 e. The lowest BCUT2D eigenvalue weighted by Gasteiger charge is -2.37. The first-order valence-electron chi connectivity index (χ1n) is 6.84. The van der Waals surface area contributed by atoms with Gasteiger partial charge in [-0.15, -0.1) is 0 Å². The van der Waals surface area contributed by atoms with Gasteiger partial charge in [-0.2, -0.15) is 0 Å². The van der Waals surface area contributed by atoms with Crippen molar-refractivity contribution in [3.05, 3.63) is 35.9 Å². The van der Waals surface area contributed by atoms with E-state index in [1.807, 2.05) is 30.3 Å². The number of aliphatic hydroxyl groups excluding tert-OH is 1. The highest BCUT2D eigenvalue weighted by Gasteiger charge is 2.48. The summed E-state index contributed by atoms with van der Waals surface area (Å²) in [6.45, 7) is 2.10. The number of benzene rings is 1. The maximum atomic E-state index is 12.0. The summed E-state index contributed by atoms with van der Waals surface area (Å²) >= 11 is 0. The second-order valence-corrected chi connectivity index (χ2v) is 5.55. The third-order valence-electron chi connectivity index (χ3n) is 4.40. The molecule has 1 aliphatic carbocycles. The third kappa shape index (κ3) is 2.45. The summed E-state index contributed by atoms with van der Waals surface area (Å²) in [6, 6.07) is 9.71. The van der Waals surface area contributed by atoms with Crippen molar-refractivity contribution in [2.75, 3.05) is 19.7 Å². The smallest absolute Gasteiger partial charge is 0.410 e. The Labute approximate surface area is 113 Å². The van der Waals surface area contributed by atoms with Crippen LogP contribution in [0.2, 0.25) is 0 Å². The average molecular weight is 261 g/mol. The lowest BCUT2D eigenvalue weighted by molar-refractivity contribution is 0.0574. The van der Waals surface area contributed by atoms with Crippen LogP contribution in [-0.2, 0) is 11.3 Å². The molecule has 102 valence electrons. The topological polar surface area (TPSA) is 49.8 Å². The molecule has 0 aromatic heterocycles. The molecule has 1 aliphatic heterocycles. The van der Waals surface area contributed by atoms with Crippen LogP contribution >= 0.6 is 0 Å². The van der Waals surface area contributed by atoms with Gasteiger partial charge in [-0.25, -0.2) is 4.79 Å². The Bertz CT molecular complexity index is 448. The molecule has 1 saturated carbocycles. The number of hydrogen-bond donors (Lipinski definition) is 1. The van der Waals surface area contributed by atoms with Crippen LogP contribution in [-0.4, -0.2) is 35.8 Å². The summed E-state index contributed by atoms with van der Waals surface area (Å²) in [4.78, 5) is 13.8. The molecule has 1 aromatic rings. The first-order chi connectivity index (χ1) is 9.28. The van der Waals surface area contributed by atoms with E-state index in [2.05, 4.69) is 0 Å². The predicted octanol–water partition coefficient (Wildman–Crippen LogP) is 1.88. The number of ether oxygens (including phenoxy) is 1. The van der Waals surface area contributed by atoms with E-state index in [4.69, 9.17) is 4.74 Å². The number of rotatable bonds is 3. The molecule has 0 radical (unpaired) electrons. The number of carbonyl (C=O) groups excluding carboxylic acids is 1. The zero-order chi connectivity index (χ0) is 13.2. The van der Waals surface area contributed by atoms with E-state index in [9.17, 15) is 9.90 Å². The quantitative estimate of drug-likeness (QED) is 0.904. The van der Waals surface area contributed by atoms with E-state index < -0.39 is 0 Å². The largest absolute Gasteiger partial charge is 0.445 e. The van der Waals surface area contributed by atoms with E-state index in [1.165, 1.54) is 0 Å². The number of likely N-dealkylation sites (tertiary alicyclic amines) is 1. The Balaban J connectivity index is 1.49. The van der Waals surface area contributed by atoms with Crippen molar-refractivity contribution in [2.45, 2.75) is 13.0 Å². The Morgan fingerprint density at radius 1 is 1.32 bits per heavy atom. The van der Waals surface area contributed by atoms with Crippen LogP contribution in [0.15, 0.2) is 30.3 Å². The molecular weight excluding hydrogens is 242 g/mol. The van der Waals surface area contributed by atoms with Crippen molar-refractivity contribution < 1.29 is 14.6 Å². The standard InChI is InChI=1S/C15H19NO3/c17-9-13-6-12-7-16(8-14(12)13)15(18)19-10-11-4-2-1-3-5-11/h1-5,12-14,17H,6-10H2/t12-,13-,14+/m0/s1. The minimum absolute atomic E-state index is 0.227. The molecule has 1 saturated heterocycles. The van der Waals surface area contributed by atoms with Crippen molar-refractivity contribution in [3.63, 3.8) is 0 Å². The average Bonchev–Trinajstić information content (AvgIpc) is 2.76. The minimum atomic E-state index is -0.227. The molecule has 2 fully saturated rings. The molecule has 1 heterocycles. The Morgan fingerprint density at radius 3 is 2.84 bits per heavy atom. The number of aliphatic hydroxyl groups is 1. The van der Waals surface area contributed by atoms with Gasteiger partial charge in [0.1, 0.15) is 6.61 Å². The molecule has 2 aliphatic rings. The molecule has 19 heavy (non-hydrogen) atoms.